The van der Waals surface area contributed by atoms with Gasteiger partial charge >= 0.3 is 0 Å². The van der Waals surface area contributed by atoms with Gasteiger partial charge in [0, 0.05) is 32.0 Å². The van der Waals surface area contributed by atoms with E-state index >= 15 is 0 Å². The predicted octanol–water partition coefficient (Wildman–Crippen LogP) is 2.96. The summed E-state index contributed by atoms with van der Waals surface area (Å²) in [6.45, 7) is 2.83. The van der Waals surface area contributed by atoms with Crippen molar-refractivity contribution < 1.29 is 9.90 Å². The normalized spacial score (nSPS) is 9.86. The van der Waals surface area contributed by atoms with Crippen LogP contribution in [0, 0.1) is 11.8 Å². The topological polar surface area (TPSA) is 40.5 Å². The molecule has 0 aliphatic carbocycles. The molecule has 1 N–H and O–H groups in total. The average molecular weight is 287 g/mol. The van der Waals surface area contributed by atoms with E-state index in [2.05, 4.69) is 18.8 Å². The number of carbonyl (C=O) groups is 1. The molecule has 21 heavy (non-hydrogen) atoms. The molecule has 3 nitrogen and oxygen atoms in total. The zero-order valence-electron chi connectivity index (χ0n) is 13.1. The van der Waals surface area contributed by atoms with E-state index in [1.807, 2.05) is 31.3 Å². The van der Waals surface area contributed by atoms with Gasteiger partial charge < -0.3 is 10.0 Å². The molecular formula is C18H25NO2. The van der Waals surface area contributed by atoms with E-state index < -0.39 is 0 Å². The van der Waals surface area contributed by atoms with Gasteiger partial charge in [-0.3, -0.25) is 4.79 Å². The molecule has 0 saturated heterocycles. The molecule has 0 atom stereocenters. The standard InChI is InChI=1S/C18H25NO2/c1-3-4-5-12-18(21)19(2)15-17-11-8-10-16(14-17)9-6-7-13-20/h8,10-11,14,20H,3-5,7,12-13,15H2,1-2H3. The van der Waals surface area contributed by atoms with Gasteiger partial charge in [-0.25, -0.2) is 0 Å². The largest absolute Gasteiger partial charge is 0.395 e. The van der Waals surface area contributed by atoms with E-state index in [4.69, 9.17) is 5.11 Å². The number of rotatable bonds is 7. The molecule has 0 unspecified atom stereocenters. The van der Waals surface area contributed by atoms with Crippen LogP contribution in [0.25, 0.3) is 0 Å². The molecule has 114 valence electrons. The summed E-state index contributed by atoms with van der Waals surface area (Å²) in [5, 5.41) is 8.72. The summed E-state index contributed by atoms with van der Waals surface area (Å²) < 4.78 is 0. The average Bonchev–Trinajstić information content (AvgIpc) is 2.48. The van der Waals surface area contributed by atoms with Crippen molar-refractivity contribution in [3.05, 3.63) is 35.4 Å². The smallest absolute Gasteiger partial charge is 0.222 e. The summed E-state index contributed by atoms with van der Waals surface area (Å²) in [6.07, 6.45) is 4.31. The number of amides is 1. The van der Waals surface area contributed by atoms with Crippen molar-refractivity contribution in [2.45, 2.75) is 45.6 Å². The van der Waals surface area contributed by atoms with Gasteiger partial charge in [0.2, 0.25) is 5.91 Å². The number of carbonyl (C=O) groups excluding carboxylic acids is 1. The zero-order chi connectivity index (χ0) is 15.5. The fourth-order valence-corrected chi connectivity index (χ4v) is 2.05. The molecule has 0 spiro atoms. The summed E-state index contributed by atoms with van der Waals surface area (Å²) in [7, 11) is 1.85. The molecule has 1 aromatic carbocycles. The Balaban J connectivity index is 2.56. The first kappa shape index (κ1) is 17.3. The lowest BCUT2D eigenvalue weighted by Crippen LogP contribution is -2.25. The van der Waals surface area contributed by atoms with Crippen LogP contribution < -0.4 is 0 Å². The first-order valence-corrected chi connectivity index (χ1v) is 7.60. The Bertz CT molecular complexity index is 499. The van der Waals surface area contributed by atoms with Crippen molar-refractivity contribution in [1.29, 1.82) is 0 Å². The molecule has 0 radical (unpaired) electrons. The maximum absolute atomic E-state index is 12.0. The molecule has 0 saturated carbocycles. The Labute approximate surface area is 128 Å². The van der Waals surface area contributed by atoms with Crippen molar-refractivity contribution >= 4 is 5.91 Å². The van der Waals surface area contributed by atoms with E-state index in [1.54, 1.807) is 4.90 Å². The monoisotopic (exact) mass is 287 g/mol. The van der Waals surface area contributed by atoms with Crippen molar-refractivity contribution in [1.82, 2.24) is 4.90 Å². The van der Waals surface area contributed by atoms with Crippen LogP contribution in [0.1, 0.15) is 50.2 Å². The third-order valence-electron chi connectivity index (χ3n) is 3.24. The Morgan fingerprint density at radius 3 is 2.86 bits per heavy atom. The third-order valence-corrected chi connectivity index (χ3v) is 3.24. The van der Waals surface area contributed by atoms with Crippen molar-refractivity contribution in [3.63, 3.8) is 0 Å². The minimum Gasteiger partial charge on any atom is -0.395 e. The number of hydrogen-bond acceptors (Lipinski definition) is 2. The summed E-state index contributed by atoms with van der Waals surface area (Å²) in [5.41, 5.74) is 2.00. The maximum atomic E-state index is 12.0. The highest BCUT2D eigenvalue weighted by atomic mass is 16.2. The number of aliphatic hydroxyl groups excluding tert-OH is 1. The van der Waals surface area contributed by atoms with E-state index in [9.17, 15) is 4.79 Å². The van der Waals surface area contributed by atoms with Gasteiger partial charge in [-0.1, -0.05) is 43.7 Å². The fourth-order valence-electron chi connectivity index (χ4n) is 2.05. The molecule has 0 aliphatic heterocycles. The Morgan fingerprint density at radius 1 is 1.33 bits per heavy atom. The molecule has 0 aromatic heterocycles. The Morgan fingerprint density at radius 2 is 2.14 bits per heavy atom. The second-order valence-electron chi connectivity index (χ2n) is 5.18. The van der Waals surface area contributed by atoms with Crippen LogP contribution in [0.3, 0.4) is 0 Å². The van der Waals surface area contributed by atoms with Crippen LogP contribution in [0.4, 0.5) is 0 Å². The number of aliphatic hydroxyl groups is 1. The molecule has 0 bridgehead atoms. The van der Waals surface area contributed by atoms with Crippen LogP contribution in [0.2, 0.25) is 0 Å². The lowest BCUT2D eigenvalue weighted by molar-refractivity contribution is -0.130. The second-order valence-corrected chi connectivity index (χ2v) is 5.18. The number of nitrogens with zero attached hydrogens (tertiary/aromatic N) is 1. The highest BCUT2D eigenvalue weighted by molar-refractivity contribution is 5.75. The van der Waals surface area contributed by atoms with Gasteiger partial charge in [0.25, 0.3) is 0 Å². The van der Waals surface area contributed by atoms with Crippen LogP contribution in [0.5, 0.6) is 0 Å². The van der Waals surface area contributed by atoms with E-state index in [0.29, 0.717) is 19.4 Å². The minimum atomic E-state index is 0.0850. The molecule has 3 heteroatoms. The van der Waals surface area contributed by atoms with E-state index in [-0.39, 0.29) is 12.5 Å². The predicted molar refractivity (Wildman–Crippen MR) is 85.6 cm³/mol. The van der Waals surface area contributed by atoms with Gasteiger partial charge in [-0.05, 0) is 24.1 Å². The molecule has 0 heterocycles. The molecular weight excluding hydrogens is 262 g/mol. The lowest BCUT2D eigenvalue weighted by Gasteiger charge is -2.17. The van der Waals surface area contributed by atoms with Gasteiger partial charge in [0.1, 0.15) is 0 Å². The van der Waals surface area contributed by atoms with Crippen LogP contribution in [-0.2, 0) is 11.3 Å². The summed E-state index contributed by atoms with van der Waals surface area (Å²) >= 11 is 0. The van der Waals surface area contributed by atoms with Crippen molar-refractivity contribution in [2.75, 3.05) is 13.7 Å². The first-order valence-electron chi connectivity index (χ1n) is 7.60. The van der Waals surface area contributed by atoms with Gasteiger partial charge in [-0.15, -0.1) is 0 Å². The molecule has 1 rings (SSSR count). The number of hydrogen-bond donors (Lipinski definition) is 1. The SMILES string of the molecule is CCCCCC(=O)N(C)Cc1cccc(C#CCCO)c1. The minimum absolute atomic E-state index is 0.0850. The van der Waals surface area contributed by atoms with Gasteiger partial charge in [0.05, 0.1) is 6.61 Å². The van der Waals surface area contributed by atoms with Gasteiger partial charge in [-0.2, -0.15) is 0 Å². The fraction of sp³-hybridized carbons (Fsp3) is 0.500. The second kappa shape index (κ2) is 10.0. The van der Waals surface area contributed by atoms with E-state index in [0.717, 1.165) is 30.4 Å². The lowest BCUT2D eigenvalue weighted by atomic mass is 10.1. The van der Waals surface area contributed by atoms with Crippen molar-refractivity contribution in [2.24, 2.45) is 0 Å². The highest BCUT2D eigenvalue weighted by Crippen LogP contribution is 2.09. The molecule has 0 aliphatic rings. The Kier molecular flexibility index (Phi) is 8.23. The number of benzene rings is 1. The zero-order valence-corrected chi connectivity index (χ0v) is 13.1. The quantitative estimate of drug-likeness (QED) is 0.619. The van der Waals surface area contributed by atoms with E-state index in [1.165, 1.54) is 0 Å². The molecule has 1 amide bonds. The maximum Gasteiger partial charge on any atom is 0.222 e. The molecule has 1 aromatic rings. The van der Waals surface area contributed by atoms with Gasteiger partial charge in [0.15, 0.2) is 0 Å². The third kappa shape index (κ3) is 6.97. The molecule has 0 fully saturated rings. The number of unbranched alkanes of at least 4 members (excludes halogenated alkanes) is 2. The highest BCUT2D eigenvalue weighted by Gasteiger charge is 2.08. The summed E-state index contributed by atoms with van der Waals surface area (Å²) in [5.74, 6) is 6.12. The Hall–Kier alpha value is -1.79. The summed E-state index contributed by atoms with van der Waals surface area (Å²) in [6, 6.07) is 7.90. The first-order chi connectivity index (χ1) is 10.2. The van der Waals surface area contributed by atoms with Crippen LogP contribution in [0.15, 0.2) is 24.3 Å². The van der Waals surface area contributed by atoms with Crippen LogP contribution in [-0.4, -0.2) is 29.6 Å². The van der Waals surface area contributed by atoms with Crippen LogP contribution >= 0.6 is 0 Å². The summed E-state index contributed by atoms with van der Waals surface area (Å²) in [4.78, 5) is 13.8. The van der Waals surface area contributed by atoms with Crippen molar-refractivity contribution in [3.8, 4) is 11.8 Å².